The number of fused-ring (bicyclic) bond motifs is 1. The zero-order chi connectivity index (χ0) is 18.1. The Morgan fingerprint density at radius 3 is 2.35 bits per heavy atom. The molecule has 4 N–H and O–H groups in total. The first-order chi connectivity index (χ1) is 12.5. The molecule has 4 saturated carbocycles. The van der Waals surface area contributed by atoms with E-state index in [4.69, 9.17) is 5.21 Å². The van der Waals surface area contributed by atoms with Gasteiger partial charge in [0.25, 0.3) is 5.91 Å². The van der Waals surface area contributed by atoms with E-state index in [1.54, 1.807) is 29.7 Å². The minimum absolute atomic E-state index is 0.00795. The Morgan fingerprint density at radius 2 is 1.69 bits per heavy atom. The molecule has 0 spiro atoms. The van der Waals surface area contributed by atoms with Crippen molar-refractivity contribution in [3.8, 4) is 0 Å². The van der Waals surface area contributed by atoms with E-state index in [1.807, 2.05) is 0 Å². The van der Waals surface area contributed by atoms with Crippen LogP contribution in [0.15, 0.2) is 24.3 Å². The predicted molar refractivity (Wildman–Crippen MR) is 96.6 cm³/mol. The van der Waals surface area contributed by atoms with Gasteiger partial charge in [-0.25, -0.2) is 10.3 Å². The van der Waals surface area contributed by atoms with Crippen LogP contribution in [0.2, 0.25) is 0 Å². The van der Waals surface area contributed by atoms with Crippen molar-refractivity contribution in [1.29, 1.82) is 0 Å². The minimum atomic E-state index is -0.542. The molecule has 2 unspecified atom stereocenters. The molecule has 4 aliphatic carbocycles. The molecule has 0 heterocycles. The number of urea groups is 1. The third-order valence-corrected chi connectivity index (χ3v) is 6.54. The fraction of sp³-hybridized carbons (Fsp3) is 0.600. The van der Waals surface area contributed by atoms with E-state index in [0.29, 0.717) is 12.1 Å². The second-order valence-electron chi connectivity index (χ2n) is 8.48. The zero-order valence-electron chi connectivity index (χ0n) is 15.0. The fourth-order valence-electron chi connectivity index (χ4n) is 5.62. The molecule has 140 valence electrons. The smallest absolute Gasteiger partial charge is 0.315 e. The second-order valence-corrected chi connectivity index (χ2v) is 8.48. The summed E-state index contributed by atoms with van der Waals surface area (Å²) in [6.07, 6.45) is 8.71. The van der Waals surface area contributed by atoms with Gasteiger partial charge < -0.3 is 10.6 Å². The second kappa shape index (κ2) is 6.91. The van der Waals surface area contributed by atoms with Crippen molar-refractivity contribution >= 4 is 11.9 Å². The van der Waals surface area contributed by atoms with Gasteiger partial charge in [-0.05, 0) is 80.4 Å². The third kappa shape index (κ3) is 3.56. The standard InChI is InChI=1S/C20H27N3O3/c24-18(23-26)17-3-1-13(2-4-17)12-21-19(25)22-20-6-5-14-7-15(10-20)9-16(8-14)11-20/h1-4,14-16,26H,5-12H2,(H,23,24)(H2,21,22,25). The van der Waals surface area contributed by atoms with Gasteiger partial charge in [-0.3, -0.25) is 10.0 Å². The van der Waals surface area contributed by atoms with Gasteiger partial charge in [0.1, 0.15) is 0 Å². The molecule has 4 bridgehead atoms. The van der Waals surface area contributed by atoms with E-state index in [0.717, 1.165) is 42.6 Å². The highest BCUT2D eigenvalue weighted by Gasteiger charge is 2.48. The van der Waals surface area contributed by atoms with Crippen LogP contribution in [0.4, 0.5) is 4.79 Å². The first-order valence-corrected chi connectivity index (χ1v) is 9.65. The van der Waals surface area contributed by atoms with Crippen molar-refractivity contribution < 1.29 is 14.8 Å². The molecule has 1 aromatic rings. The molecule has 1 aromatic carbocycles. The maximum atomic E-state index is 12.5. The maximum Gasteiger partial charge on any atom is 0.315 e. The van der Waals surface area contributed by atoms with Crippen LogP contribution >= 0.6 is 0 Å². The Balaban J connectivity index is 1.33. The monoisotopic (exact) mass is 357 g/mol. The highest BCUT2D eigenvalue weighted by Crippen LogP contribution is 2.52. The highest BCUT2D eigenvalue weighted by atomic mass is 16.5. The molecule has 0 saturated heterocycles. The molecule has 0 radical (unpaired) electrons. The Bertz CT molecular complexity index is 674. The Hall–Kier alpha value is -2.08. The van der Waals surface area contributed by atoms with Gasteiger partial charge in [0, 0.05) is 17.6 Å². The fourth-order valence-corrected chi connectivity index (χ4v) is 5.62. The summed E-state index contributed by atoms with van der Waals surface area (Å²) in [4.78, 5) is 23.8. The number of amides is 3. The van der Waals surface area contributed by atoms with Gasteiger partial charge in [-0.2, -0.15) is 0 Å². The van der Waals surface area contributed by atoms with Crippen molar-refractivity contribution in [3.63, 3.8) is 0 Å². The van der Waals surface area contributed by atoms with Crippen molar-refractivity contribution in [2.75, 3.05) is 0 Å². The van der Waals surface area contributed by atoms with Crippen LogP contribution in [-0.2, 0) is 6.54 Å². The lowest BCUT2D eigenvalue weighted by Gasteiger charge is -2.45. The zero-order valence-corrected chi connectivity index (χ0v) is 15.0. The van der Waals surface area contributed by atoms with Gasteiger partial charge in [0.05, 0.1) is 0 Å². The van der Waals surface area contributed by atoms with Crippen LogP contribution in [-0.4, -0.2) is 22.7 Å². The van der Waals surface area contributed by atoms with E-state index in [-0.39, 0.29) is 11.6 Å². The van der Waals surface area contributed by atoms with Crippen molar-refractivity contribution in [2.45, 2.75) is 57.0 Å². The van der Waals surface area contributed by atoms with Gasteiger partial charge >= 0.3 is 6.03 Å². The molecule has 0 aliphatic heterocycles. The molecule has 4 fully saturated rings. The van der Waals surface area contributed by atoms with Crippen LogP contribution < -0.4 is 16.1 Å². The molecule has 2 atom stereocenters. The van der Waals surface area contributed by atoms with Crippen LogP contribution in [0.1, 0.15) is 60.9 Å². The first kappa shape index (κ1) is 17.3. The SMILES string of the molecule is O=C(NCc1ccc(C(=O)NO)cc1)NC12CCC3CC(CC(C3)C1)C2. The number of carbonyl (C=O) groups is 2. The summed E-state index contributed by atoms with van der Waals surface area (Å²) in [5.74, 6) is 1.92. The summed E-state index contributed by atoms with van der Waals surface area (Å²) in [6, 6.07) is 6.72. The number of rotatable bonds is 4. The number of hydrogen-bond acceptors (Lipinski definition) is 3. The van der Waals surface area contributed by atoms with E-state index in [9.17, 15) is 9.59 Å². The van der Waals surface area contributed by atoms with Gasteiger partial charge in [0.15, 0.2) is 0 Å². The molecule has 4 aliphatic rings. The minimum Gasteiger partial charge on any atom is -0.334 e. The van der Waals surface area contributed by atoms with E-state index in [1.165, 1.54) is 25.7 Å². The largest absolute Gasteiger partial charge is 0.334 e. The quantitative estimate of drug-likeness (QED) is 0.493. The summed E-state index contributed by atoms with van der Waals surface area (Å²) >= 11 is 0. The lowest BCUT2D eigenvalue weighted by Crippen LogP contribution is -2.55. The van der Waals surface area contributed by atoms with Crippen molar-refractivity contribution in [3.05, 3.63) is 35.4 Å². The maximum absolute atomic E-state index is 12.5. The van der Waals surface area contributed by atoms with E-state index >= 15 is 0 Å². The summed E-state index contributed by atoms with van der Waals surface area (Å²) < 4.78 is 0. The van der Waals surface area contributed by atoms with Gasteiger partial charge in [-0.1, -0.05) is 12.1 Å². The Labute approximate surface area is 153 Å². The predicted octanol–water partition coefficient (Wildman–Crippen LogP) is 2.96. The summed E-state index contributed by atoms with van der Waals surface area (Å²) in [5, 5.41) is 14.9. The molecule has 26 heavy (non-hydrogen) atoms. The Kier molecular flexibility index (Phi) is 4.61. The van der Waals surface area contributed by atoms with Crippen LogP contribution in [0.5, 0.6) is 0 Å². The molecule has 3 amide bonds. The number of nitrogens with one attached hydrogen (secondary N) is 3. The lowest BCUT2D eigenvalue weighted by molar-refractivity contribution is 0.0706. The number of carbonyl (C=O) groups excluding carboxylic acids is 2. The topological polar surface area (TPSA) is 90.5 Å². The molecule has 5 rings (SSSR count). The first-order valence-electron chi connectivity index (χ1n) is 9.65. The summed E-state index contributed by atoms with van der Waals surface area (Å²) in [5.41, 5.74) is 2.90. The molecule has 6 heteroatoms. The highest BCUT2D eigenvalue weighted by molar-refractivity contribution is 5.93. The number of hydroxylamine groups is 1. The number of hydrogen-bond donors (Lipinski definition) is 4. The van der Waals surface area contributed by atoms with Gasteiger partial charge in [0.2, 0.25) is 0 Å². The van der Waals surface area contributed by atoms with Crippen LogP contribution in [0.25, 0.3) is 0 Å². The summed E-state index contributed by atoms with van der Waals surface area (Å²) in [6.45, 7) is 0.415. The molecular formula is C20H27N3O3. The Morgan fingerprint density at radius 1 is 1.04 bits per heavy atom. The van der Waals surface area contributed by atoms with Crippen molar-refractivity contribution in [2.24, 2.45) is 17.8 Å². The third-order valence-electron chi connectivity index (χ3n) is 6.54. The molecular weight excluding hydrogens is 330 g/mol. The average molecular weight is 357 g/mol. The average Bonchev–Trinajstić information content (AvgIpc) is 2.83. The molecule has 0 aromatic heterocycles. The summed E-state index contributed by atoms with van der Waals surface area (Å²) in [7, 11) is 0. The normalized spacial score (nSPS) is 32.0. The molecule has 6 nitrogen and oxygen atoms in total. The van der Waals surface area contributed by atoms with Gasteiger partial charge in [-0.15, -0.1) is 0 Å². The van der Waals surface area contributed by atoms with Crippen molar-refractivity contribution in [1.82, 2.24) is 16.1 Å². The van der Waals surface area contributed by atoms with Crippen LogP contribution in [0.3, 0.4) is 0 Å². The lowest BCUT2D eigenvalue weighted by atomic mass is 9.65. The van der Waals surface area contributed by atoms with Crippen LogP contribution in [0, 0.1) is 17.8 Å². The van der Waals surface area contributed by atoms with E-state index in [2.05, 4.69) is 10.6 Å². The van der Waals surface area contributed by atoms with E-state index < -0.39 is 5.91 Å². The number of benzene rings is 1.